The number of carbonyl (C=O) groups excluding carboxylic acids is 2. The highest BCUT2D eigenvalue weighted by atomic mass is 16.6. The summed E-state index contributed by atoms with van der Waals surface area (Å²) in [5, 5.41) is 2.90. The average Bonchev–Trinajstić information content (AvgIpc) is 3.22. The lowest BCUT2D eigenvalue weighted by Gasteiger charge is -2.39. The summed E-state index contributed by atoms with van der Waals surface area (Å²) in [6.45, 7) is 4.20. The van der Waals surface area contributed by atoms with E-state index in [2.05, 4.69) is 15.3 Å². The molecule has 3 N–H and O–H groups in total. The fourth-order valence-corrected chi connectivity index (χ4v) is 4.20. The number of carbonyl (C=O) groups is 2. The predicted molar refractivity (Wildman–Crippen MR) is 122 cm³/mol. The topological polar surface area (TPSA) is 120 Å². The first kappa shape index (κ1) is 21.1. The molecule has 2 amide bonds. The first-order valence-corrected chi connectivity index (χ1v) is 10.9. The van der Waals surface area contributed by atoms with E-state index in [0.29, 0.717) is 54.4 Å². The van der Waals surface area contributed by atoms with Crippen LogP contribution in [0.4, 0.5) is 5.69 Å². The van der Waals surface area contributed by atoms with E-state index in [-0.39, 0.29) is 30.2 Å². The maximum atomic E-state index is 12.9. The monoisotopic (exact) mass is 451 g/mol. The van der Waals surface area contributed by atoms with Gasteiger partial charge in [0.15, 0.2) is 11.5 Å². The molecule has 1 aromatic heterocycles. The smallest absolute Gasteiger partial charge is 0.323 e. The molecule has 1 saturated heterocycles. The van der Waals surface area contributed by atoms with Crippen molar-refractivity contribution >= 4 is 28.5 Å². The molecule has 2 atom stereocenters. The summed E-state index contributed by atoms with van der Waals surface area (Å²) in [6.07, 6.45) is -0.665. The van der Waals surface area contributed by atoms with Gasteiger partial charge in [0.25, 0.3) is 5.91 Å². The van der Waals surface area contributed by atoms with Gasteiger partial charge in [0.1, 0.15) is 6.61 Å². The number of hydrogen-bond acceptors (Lipinski definition) is 6. The van der Waals surface area contributed by atoms with Crippen LogP contribution in [0.25, 0.3) is 11.0 Å². The van der Waals surface area contributed by atoms with Gasteiger partial charge >= 0.3 is 5.69 Å². The van der Waals surface area contributed by atoms with Gasteiger partial charge in [-0.3, -0.25) is 14.5 Å². The van der Waals surface area contributed by atoms with E-state index >= 15 is 0 Å². The molecule has 10 heteroatoms. The van der Waals surface area contributed by atoms with Crippen molar-refractivity contribution in [1.29, 1.82) is 0 Å². The molecule has 3 aromatic rings. The van der Waals surface area contributed by atoms with E-state index in [1.165, 1.54) is 0 Å². The van der Waals surface area contributed by atoms with Crippen LogP contribution in [-0.2, 0) is 9.59 Å². The molecule has 0 radical (unpaired) electrons. The lowest BCUT2D eigenvalue weighted by Crippen LogP contribution is -2.57. The molecule has 2 aliphatic heterocycles. The van der Waals surface area contributed by atoms with Crippen molar-refractivity contribution in [1.82, 2.24) is 19.8 Å². The number of nitrogens with zero attached hydrogens (tertiary/aromatic N) is 2. The molecule has 10 nitrogen and oxygen atoms in total. The molecule has 0 unspecified atom stereocenters. The van der Waals surface area contributed by atoms with Gasteiger partial charge < -0.3 is 29.7 Å². The molecule has 3 heterocycles. The number of aromatic amines is 2. The molecule has 0 bridgehead atoms. The summed E-state index contributed by atoms with van der Waals surface area (Å²) < 4.78 is 11.5. The second kappa shape index (κ2) is 8.62. The van der Waals surface area contributed by atoms with E-state index < -0.39 is 6.10 Å². The Morgan fingerprint density at radius 2 is 1.76 bits per heavy atom. The van der Waals surface area contributed by atoms with Crippen molar-refractivity contribution in [3.05, 3.63) is 52.9 Å². The third-order valence-electron chi connectivity index (χ3n) is 6.12. The zero-order valence-electron chi connectivity index (χ0n) is 18.2. The van der Waals surface area contributed by atoms with Gasteiger partial charge in [-0.05, 0) is 37.3 Å². The van der Waals surface area contributed by atoms with Crippen LogP contribution in [0.15, 0.2) is 47.3 Å². The van der Waals surface area contributed by atoms with Crippen molar-refractivity contribution in [2.75, 3.05) is 38.1 Å². The fourth-order valence-electron chi connectivity index (χ4n) is 4.20. The van der Waals surface area contributed by atoms with E-state index in [1.807, 2.05) is 30.0 Å². The van der Waals surface area contributed by atoms with Gasteiger partial charge in [-0.15, -0.1) is 0 Å². The van der Waals surface area contributed by atoms with Crippen LogP contribution in [0, 0.1) is 0 Å². The molecular formula is C23H25N5O5. The Morgan fingerprint density at radius 1 is 1.03 bits per heavy atom. The number of hydrogen-bond donors (Lipinski definition) is 3. The highest BCUT2D eigenvalue weighted by Crippen LogP contribution is 2.31. The summed E-state index contributed by atoms with van der Waals surface area (Å²) in [4.78, 5) is 46.3. The molecule has 0 spiro atoms. The third kappa shape index (κ3) is 4.29. The summed E-state index contributed by atoms with van der Waals surface area (Å²) >= 11 is 0. The number of nitrogens with one attached hydrogen (secondary N) is 3. The zero-order chi connectivity index (χ0) is 22.9. The van der Waals surface area contributed by atoms with Crippen molar-refractivity contribution in [2.24, 2.45) is 0 Å². The average molecular weight is 451 g/mol. The van der Waals surface area contributed by atoms with E-state index in [4.69, 9.17) is 9.47 Å². The molecule has 2 aliphatic rings. The number of aromatic nitrogens is 2. The fraction of sp³-hybridized carbons (Fsp3) is 0.348. The second-order valence-corrected chi connectivity index (χ2v) is 8.23. The van der Waals surface area contributed by atoms with Crippen molar-refractivity contribution in [3.8, 4) is 11.5 Å². The number of anilines is 1. The normalized spacial score (nSPS) is 19.3. The summed E-state index contributed by atoms with van der Waals surface area (Å²) in [5.74, 6) is 0.976. The van der Waals surface area contributed by atoms with Crippen LogP contribution >= 0.6 is 0 Å². The molecular weight excluding hydrogens is 426 g/mol. The van der Waals surface area contributed by atoms with Gasteiger partial charge in [-0.2, -0.15) is 0 Å². The van der Waals surface area contributed by atoms with E-state index in [0.717, 1.165) is 0 Å². The molecule has 5 rings (SSSR count). The molecule has 2 aromatic carbocycles. The second-order valence-electron chi connectivity index (χ2n) is 8.23. The Bertz CT molecular complexity index is 1240. The Kier molecular flexibility index (Phi) is 5.51. The standard InChI is InChI=1S/C23H25N5O5/c1-14(21(29)24-15-6-7-16-17(12-15)26-23(31)25-16)27-8-10-28(11-9-27)22(30)20-13-32-18-4-2-3-5-19(18)33-20/h2-7,12,14,20H,8-11,13H2,1H3,(H,24,29)(H2,25,26,31)/t14-,20+/m0/s1. The van der Waals surface area contributed by atoms with Crippen LogP contribution in [0.5, 0.6) is 11.5 Å². The number of benzene rings is 2. The van der Waals surface area contributed by atoms with Crippen LogP contribution in [0.1, 0.15) is 6.92 Å². The minimum atomic E-state index is -0.665. The van der Waals surface area contributed by atoms with Gasteiger partial charge in [0.2, 0.25) is 12.0 Å². The number of ether oxygens (including phenoxy) is 2. The van der Waals surface area contributed by atoms with E-state index in [9.17, 15) is 14.4 Å². The first-order chi connectivity index (χ1) is 16.0. The van der Waals surface area contributed by atoms with Gasteiger partial charge in [-0.1, -0.05) is 12.1 Å². The Labute approximate surface area is 189 Å². The maximum Gasteiger partial charge on any atom is 0.323 e. The molecule has 172 valence electrons. The summed E-state index contributed by atoms with van der Waals surface area (Å²) in [7, 11) is 0. The number of rotatable bonds is 4. The Balaban J connectivity index is 1.15. The van der Waals surface area contributed by atoms with E-state index in [1.54, 1.807) is 29.2 Å². The van der Waals surface area contributed by atoms with Crippen LogP contribution in [0.3, 0.4) is 0 Å². The number of para-hydroxylation sites is 2. The van der Waals surface area contributed by atoms with Gasteiger partial charge in [-0.25, -0.2) is 4.79 Å². The molecule has 1 fully saturated rings. The number of imidazole rings is 1. The minimum Gasteiger partial charge on any atom is -0.485 e. The highest BCUT2D eigenvalue weighted by Gasteiger charge is 2.34. The number of H-pyrrole nitrogens is 2. The van der Waals surface area contributed by atoms with Gasteiger partial charge in [0.05, 0.1) is 17.1 Å². The number of amides is 2. The van der Waals surface area contributed by atoms with Crippen LogP contribution < -0.4 is 20.5 Å². The zero-order valence-corrected chi connectivity index (χ0v) is 18.2. The van der Waals surface area contributed by atoms with Gasteiger partial charge in [0, 0.05) is 31.9 Å². The minimum absolute atomic E-state index is 0.102. The van der Waals surface area contributed by atoms with Crippen LogP contribution in [-0.4, -0.2) is 76.5 Å². The van der Waals surface area contributed by atoms with Crippen molar-refractivity contribution in [3.63, 3.8) is 0 Å². The summed E-state index contributed by atoms with van der Waals surface area (Å²) in [5.41, 5.74) is 1.64. The highest BCUT2D eigenvalue weighted by molar-refractivity contribution is 5.96. The summed E-state index contributed by atoms with van der Waals surface area (Å²) in [6, 6.07) is 12.2. The third-order valence-corrected chi connectivity index (χ3v) is 6.12. The van der Waals surface area contributed by atoms with Crippen molar-refractivity contribution < 1.29 is 19.1 Å². The SMILES string of the molecule is C[C@@H](C(=O)Nc1ccc2[nH]c(=O)[nH]c2c1)N1CCN(C(=O)[C@H]2COc3ccccc3O2)CC1. The van der Waals surface area contributed by atoms with Crippen molar-refractivity contribution in [2.45, 2.75) is 19.1 Å². The number of piperazine rings is 1. The van der Waals surface area contributed by atoms with Crippen LogP contribution in [0.2, 0.25) is 0 Å². The molecule has 33 heavy (non-hydrogen) atoms. The quantitative estimate of drug-likeness (QED) is 0.548. The largest absolute Gasteiger partial charge is 0.485 e. The lowest BCUT2D eigenvalue weighted by atomic mass is 10.2. The molecule has 0 saturated carbocycles. The number of fused-ring (bicyclic) bond motifs is 2. The maximum absolute atomic E-state index is 12.9. The Hall–Kier alpha value is -3.79. The lowest BCUT2D eigenvalue weighted by molar-refractivity contribution is -0.143. The Morgan fingerprint density at radius 3 is 2.55 bits per heavy atom. The predicted octanol–water partition coefficient (Wildman–Crippen LogP) is 1.17. The molecule has 0 aliphatic carbocycles. The first-order valence-electron chi connectivity index (χ1n) is 10.9.